The Morgan fingerprint density at radius 1 is 1.11 bits per heavy atom. The van der Waals surface area contributed by atoms with Gasteiger partial charge in [-0.1, -0.05) is 23.2 Å². The first-order valence-corrected chi connectivity index (χ1v) is 6.11. The van der Waals surface area contributed by atoms with Crippen LogP contribution in [0.15, 0.2) is 34.7 Å². The van der Waals surface area contributed by atoms with Crippen LogP contribution in [0, 0.1) is 5.82 Å². The van der Waals surface area contributed by atoms with Crippen molar-refractivity contribution in [3.8, 4) is 11.5 Å². The summed E-state index contributed by atoms with van der Waals surface area (Å²) >= 11 is 11.5. The summed E-state index contributed by atoms with van der Waals surface area (Å²) in [5.74, 6) is -0.244. The van der Waals surface area contributed by atoms with Gasteiger partial charge < -0.3 is 10.2 Å². The second-order valence-electron chi connectivity index (χ2n) is 3.99. The van der Waals surface area contributed by atoms with Gasteiger partial charge in [-0.15, -0.1) is 0 Å². The lowest BCUT2D eigenvalue weighted by Crippen LogP contribution is -1.84. The van der Waals surface area contributed by atoms with Gasteiger partial charge in [0.25, 0.3) is 0 Å². The Kier molecular flexibility index (Phi) is 2.84. The summed E-state index contributed by atoms with van der Waals surface area (Å²) < 4.78 is 18.9. The van der Waals surface area contributed by atoms with Crippen molar-refractivity contribution in [1.82, 2.24) is 4.98 Å². The number of fused-ring (bicyclic) bond motifs is 1. The lowest BCUT2D eigenvalue weighted by atomic mass is 10.2. The number of hydrogen-bond donors (Lipinski definition) is 1. The number of aromatic nitrogens is 1. The zero-order valence-corrected chi connectivity index (χ0v) is 11.0. The molecule has 0 fully saturated rings. The average Bonchev–Trinajstić information content (AvgIpc) is 2.76. The Balaban J connectivity index is 2.17. The second kappa shape index (κ2) is 4.40. The van der Waals surface area contributed by atoms with Gasteiger partial charge in [0.15, 0.2) is 5.58 Å². The Bertz CT molecular complexity index is 747. The molecule has 1 aromatic heterocycles. The predicted molar refractivity (Wildman–Crippen MR) is 73.8 cm³/mol. The fourth-order valence-electron chi connectivity index (χ4n) is 1.72. The van der Waals surface area contributed by atoms with Gasteiger partial charge >= 0.3 is 0 Å². The van der Waals surface area contributed by atoms with Gasteiger partial charge in [-0.05, 0) is 24.3 Å². The molecule has 6 heteroatoms. The van der Waals surface area contributed by atoms with Crippen molar-refractivity contribution in [1.29, 1.82) is 0 Å². The number of benzene rings is 2. The fourth-order valence-corrected chi connectivity index (χ4v) is 1.99. The van der Waals surface area contributed by atoms with Gasteiger partial charge in [0, 0.05) is 11.6 Å². The quantitative estimate of drug-likeness (QED) is 0.672. The molecule has 0 bridgehead atoms. The molecule has 0 unspecified atom stereocenters. The number of anilines is 1. The van der Waals surface area contributed by atoms with Crippen molar-refractivity contribution >= 4 is 40.0 Å². The standard InChI is InChI=1S/C13H7Cl2FN2O/c14-7-2-1-6(3-9(7)16)13-18-11-4-8(15)10(17)5-12(11)19-13/h1-5H,17H2. The van der Waals surface area contributed by atoms with Gasteiger partial charge in [-0.25, -0.2) is 9.37 Å². The van der Waals surface area contributed by atoms with Crippen LogP contribution in [0.1, 0.15) is 0 Å². The summed E-state index contributed by atoms with van der Waals surface area (Å²) in [6.45, 7) is 0. The summed E-state index contributed by atoms with van der Waals surface area (Å²) in [6, 6.07) is 7.52. The number of hydrogen-bond acceptors (Lipinski definition) is 3. The van der Waals surface area contributed by atoms with Crippen molar-refractivity contribution in [3.05, 3.63) is 46.2 Å². The molecule has 3 aromatic rings. The van der Waals surface area contributed by atoms with Crippen LogP contribution in [0.5, 0.6) is 0 Å². The maximum Gasteiger partial charge on any atom is 0.227 e. The van der Waals surface area contributed by atoms with Gasteiger partial charge in [-0.2, -0.15) is 0 Å². The van der Waals surface area contributed by atoms with Crippen LogP contribution in [0.25, 0.3) is 22.6 Å². The SMILES string of the molecule is Nc1cc2oc(-c3ccc(Cl)c(F)c3)nc2cc1Cl. The maximum atomic E-state index is 13.4. The molecular formula is C13H7Cl2FN2O. The van der Waals surface area contributed by atoms with Crippen LogP contribution in [-0.2, 0) is 0 Å². The largest absolute Gasteiger partial charge is 0.436 e. The molecule has 0 radical (unpaired) electrons. The minimum atomic E-state index is -0.529. The van der Waals surface area contributed by atoms with E-state index in [1.54, 1.807) is 18.2 Å². The molecule has 0 atom stereocenters. The molecule has 2 N–H and O–H groups in total. The van der Waals surface area contributed by atoms with Crippen molar-refractivity contribution in [3.63, 3.8) is 0 Å². The van der Waals surface area contributed by atoms with E-state index in [-0.39, 0.29) is 10.9 Å². The lowest BCUT2D eigenvalue weighted by Gasteiger charge is -1.97. The van der Waals surface area contributed by atoms with Crippen molar-refractivity contribution < 1.29 is 8.81 Å². The highest BCUT2D eigenvalue weighted by atomic mass is 35.5. The first-order chi connectivity index (χ1) is 9.04. The van der Waals surface area contributed by atoms with E-state index in [9.17, 15) is 4.39 Å². The van der Waals surface area contributed by atoms with E-state index in [1.165, 1.54) is 12.1 Å². The Morgan fingerprint density at radius 3 is 2.63 bits per heavy atom. The molecule has 1 heterocycles. The monoisotopic (exact) mass is 296 g/mol. The fraction of sp³-hybridized carbons (Fsp3) is 0. The molecule has 19 heavy (non-hydrogen) atoms. The zero-order chi connectivity index (χ0) is 13.6. The summed E-state index contributed by atoms with van der Waals surface area (Å²) in [4.78, 5) is 4.24. The minimum Gasteiger partial charge on any atom is -0.436 e. The minimum absolute atomic E-state index is 0.0483. The predicted octanol–water partition coefficient (Wildman–Crippen LogP) is 4.52. The summed E-state index contributed by atoms with van der Waals surface area (Å²) in [6.07, 6.45) is 0. The van der Waals surface area contributed by atoms with E-state index < -0.39 is 5.82 Å². The molecule has 3 nitrogen and oxygen atoms in total. The van der Waals surface area contributed by atoms with E-state index in [1.807, 2.05) is 0 Å². The van der Waals surface area contributed by atoms with Gasteiger partial charge in [0.05, 0.1) is 15.7 Å². The van der Waals surface area contributed by atoms with Crippen LogP contribution in [0.4, 0.5) is 10.1 Å². The van der Waals surface area contributed by atoms with Crippen molar-refractivity contribution in [2.75, 3.05) is 5.73 Å². The normalized spacial score (nSPS) is 11.1. The Labute approximate surface area is 117 Å². The number of halogens is 3. The van der Waals surface area contributed by atoms with Crippen LogP contribution in [0.2, 0.25) is 10.0 Å². The molecule has 96 valence electrons. The highest BCUT2D eigenvalue weighted by Gasteiger charge is 2.12. The molecular weight excluding hydrogens is 290 g/mol. The summed E-state index contributed by atoms with van der Waals surface area (Å²) in [5, 5.41) is 0.446. The molecule has 0 amide bonds. The van der Waals surface area contributed by atoms with Gasteiger partial charge in [-0.3, -0.25) is 0 Å². The number of oxazole rings is 1. The van der Waals surface area contributed by atoms with E-state index in [0.29, 0.717) is 27.4 Å². The Morgan fingerprint density at radius 2 is 1.89 bits per heavy atom. The molecule has 3 rings (SSSR count). The smallest absolute Gasteiger partial charge is 0.227 e. The van der Waals surface area contributed by atoms with E-state index >= 15 is 0 Å². The van der Waals surface area contributed by atoms with Crippen LogP contribution in [-0.4, -0.2) is 4.98 Å². The zero-order valence-electron chi connectivity index (χ0n) is 9.45. The van der Waals surface area contributed by atoms with Crippen LogP contribution >= 0.6 is 23.2 Å². The highest BCUT2D eigenvalue weighted by Crippen LogP contribution is 2.30. The van der Waals surface area contributed by atoms with Gasteiger partial charge in [0.1, 0.15) is 11.3 Å². The summed E-state index contributed by atoms with van der Waals surface area (Å²) in [7, 11) is 0. The Hall–Kier alpha value is -1.78. The summed E-state index contributed by atoms with van der Waals surface area (Å²) in [5.41, 5.74) is 7.63. The van der Waals surface area contributed by atoms with Crippen LogP contribution < -0.4 is 5.73 Å². The van der Waals surface area contributed by atoms with E-state index in [4.69, 9.17) is 33.4 Å². The molecule has 0 saturated carbocycles. The third-order valence-electron chi connectivity index (χ3n) is 2.67. The number of rotatable bonds is 1. The van der Waals surface area contributed by atoms with E-state index in [0.717, 1.165) is 0 Å². The average molecular weight is 297 g/mol. The first kappa shape index (κ1) is 12.3. The molecule has 0 aliphatic rings. The van der Waals surface area contributed by atoms with Crippen molar-refractivity contribution in [2.45, 2.75) is 0 Å². The first-order valence-electron chi connectivity index (χ1n) is 5.35. The number of nitrogens with two attached hydrogens (primary N) is 1. The van der Waals surface area contributed by atoms with Crippen LogP contribution in [0.3, 0.4) is 0 Å². The van der Waals surface area contributed by atoms with Gasteiger partial charge in [0.2, 0.25) is 5.89 Å². The topological polar surface area (TPSA) is 52.0 Å². The molecule has 0 saturated heterocycles. The molecule has 0 aliphatic carbocycles. The third kappa shape index (κ3) is 2.13. The second-order valence-corrected chi connectivity index (χ2v) is 4.80. The molecule has 0 spiro atoms. The van der Waals surface area contributed by atoms with Crippen molar-refractivity contribution in [2.24, 2.45) is 0 Å². The molecule has 2 aromatic carbocycles. The lowest BCUT2D eigenvalue weighted by molar-refractivity contribution is 0.611. The number of nitrogen functional groups attached to an aromatic ring is 1. The maximum absolute atomic E-state index is 13.4. The third-order valence-corrected chi connectivity index (χ3v) is 3.31. The number of nitrogens with zero attached hydrogens (tertiary/aromatic N) is 1. The molecule has 0 aliphatic heterocycles. The van der Waals surface area contributed by atoms with E-state index in [2.05, 4.69) is 4.98 Å². The highest BCUT2D eigenvalue weighted by molar-refractivity contribution is 6.33.